The smallest absolute Gasteiger partial charge is 0.371 e. The Kier molecular flexibility index (Phi) is 7.40. The lowest BCUT2D eigenvalue weighted by Crippen LogP contribution is -2.23. The summed E-state index contributed by atoms with van der Waals surface area (Å²) in [6.07, 6.45) is -3.47. The monoisotopic (exact) mass is 516 g/mol. The van der Waals surface area contributed by atoms with Crippen molar-refractivity contribution in [1.29, 1.82) is 0 Å². The van der Waals surface area contributed by atoms with Crippen LogP contribution in [0.1, 0.15) is 46.3 Å². The third-order valence-electron chi connectivity index (χ3n) is 6.51. The second kappa shape index (κ2) is 10.3. The van der Waals surface area contributed by atoms with Crippen LogP contribution in [0.15, 0.2) is 77.7 Å². The van der Waals surface area contributed by atoms with Crippen molar-refractivity contribution in [3.63, 3.8) is 0 Å². The Labute approximate surface area is 208 Å². The Morgan fingerprint density at radius 3 is 2.19 bits per heavy atom. The number of amides is 1. The molecule has 0 aliphatic carbocycles. The number of halogens is 3. The highest BCUT2D eigenvalue weighted by atomic mass is 32.2. The summed E-state index contributed by atoms with van der Waals surface area (Å²) in [6.45, 7) is 3.31. The molecule has 0 aromatic heterocycles. The van der Waals surface area contributed by atoms with E-state index in [0.717, 1.165) is 41.9 Å². The summed E-state index contributed by atoms with van der Waals surface area (Å²) >= 11 is 0. The molecule has 0 bridgehead atoms. The van der Waals surface area contributed by atoms with Crippen LogP contribution >= 0.6 is 0 Å². The summed E-state index contributed by atoms with van der Waals surface area (Å²) in [6, 6.07) is 19.1. The molecule has 36 heavy (non-hydrogen) atoms. The normalized spacial score (nSPS) is 16.2. The summed E-state index contributed by atoms with van der Waals surface area (Å²) in [5.41, 5.74) is 2.50. The van der Waals surface area contributed by atoms with Gasteiger partial charge in [0.05, 0.1) is 16.2 Å². The number of rotatable bonds is 7. The topological polar surface area (TPSA) is 66.5 Å². The van der Waals surface area contributed by atoms with Gasteiger partial charge in [-0.1, -0.05) is 31.2 Å². The Balaban J connectivity index is 1.32. The maximum absolute atomic E-state index is 12.8. The maximum atomic E-state index is 12.8. The van der Waals surface area contributed by atoms with Crippen molar-refractivity contribution < 1.29 is 26.4 Å². The van der Waals surface area contributed by atoms with Crippen molar-refractivity contribution >= 4 is 21.4 Å². The first-order chi connectivity index (χ1) is 17.1. The summed E-state index contributed by atoms with van der Waals surface area (Å²) in [5.74, 6) is 0.0273. The molecule has 1 amide bonds. The SMILES string of the molecule is CCS(=O)(=O)c1ccc(CNC(=O)c2ccc(C3CCN(c4ccc(C(F)(F)F)cc4)C3)cc2)cc1. The van der Waals surface area contributed by atoms with Crippen LogP contribution in [-0.4, -0.2) is 33.2 Å². The molecule has 4 rings (SSSR count). The lowest BCUT2D eigenvalue weighted by molar-refractivity contribution is -0.137. The van der Waals surface area contributed by atoms with Gasteiger partial charge in [-0.3, -0.25) is 4.79 Å². The van der Waals surface area contributed by atoms with E-state index in [1.165, 1.54) is 12.1 Å². The number of nitrogens with zero attached hydrogens (tertiary/aromatic N) is 1. The van der Waals surface area contributed by atoms with Crippen molar-refractivity contribution in [3.05, 3.63) is 95.1 Å². The zero-order chi connectivity index (χ0) is 25.9. The quantitative estimate of drug-likeness (QED) is 0.455. The highest BCUT2D eigenvalue weighted by Crippen LogP contribution is 2.34. The molecule has 5 nitrogen and oxygen atoms in total. The van der Waals surface area contributed by atoms with Crippen LogP contribution in [0.5, 0.6) is 0 Å². The number of benzene rings is 3. The van der Waals surface area contributed by atoms with E-state index >= 15 is 0 Å². The van der Waals surface area contributed by atoms with Crippen molar-refractivity contribution in [2.45, 2.75) is 36.9 Å². The third-order valence-corrected chi connectivity index (χ3v) is 8.26. The van der Waals surface area contributed by atoms with Crippen LogP contribution in [0.25, 0.3) is 0 Å². The Morgan fingerprint density at radius 2 is 1.61 bits per heavy atom. The third kappa shape index (κ3) is 5.90. The molecular formula is C27H27F3N2O3S. The minimum Gasteiger partial charge on any atom is -0.371 e. The average molecular weight is 517 g/mol. The van der Waals surface area contributed by atoms with Crippen molar-refractivity contribution in [1.82, 2.24) is 5.32 Å². The Bertz CT molecular complexity index is 1300. The Hall–Kier alpha value is -3.33. The molecular weight excluding hydrogens is 489 g/mol. The van der Waals surface area contributed by atoms with E-state index in [2.05, 4.69) is 10.2 Å². The predicted octanol–water partition coefficient (Wildman–Crippen LogP) is 5.42. The van der Waals surface area contributed by atoms with E-state index in [0.29, 0.717) is 12.1 Å². The van der Waals surface area contributed by atoms with Gasteiger partial charge in [0.2, 0.25) is 0 Å². The van der Waals surface area contributed by atoms with E-state index in [4.69, 9.17) is 0 Å². The van der Waals surface area contributed by atoms with Gasteiger partial charge in [-0.05, 0) is 66.1 Å². The predicted molar refractivity (Wildman–Crippen MR) is 133 cm³/mol. The van der Waals surface area contributed by atoms with E-state index in [1.54, 1.807) is 43.3 Å². The molecule has 1 aliphatic heterocycles. The van der Waals surface area contributed by atoms with E-state index in [1.807, 2.05) is 12.1 Å². The van der Waals surface area contributed by atoms with E-state index < -0.39 is 21.6 Å². The van der Waals surface area contributed by atoms with Gasteiger partial charge < -0.3 is 10.2 Å². The summed E-state index contributed by atoms with van der Waals surface area (Å²) < 4.78 is 62.2. The fourth-order valence-electron chi connectivity index (χ4n) is 4.30. The zero-order valence-electron chi connectivity index (χ0n) is 19.8. The van der Waals surface area contributed by atoms with Crippen LogP contribution in [0.2, 0.25) is 0 Å². The largest absolute Gasteiger partial charge is 0.416 e. The highest BCUT2D eigenvalue weighted by Gasteiger charge is 2.31. The Morgan fingerprint density at radius 1 is 0.972 bits per heavy atom. The lowest BCUT2D eigenvalue weighted by atomic mass is 9.97. The molecule has 1 aliphatic rings. The number of anilines is 1. The lowest BCUT2D eigenvalue weighted by Gasteiger charge is -2.19. The van der Waals surface area contributed by atoms with Gasteiger partial charge in [0.1, 0.15) is 0 Å². The van der Waals surface area contributed by atoms with Crippen molar-refractivity contribution in [3.8, 4) is 0 Å². The number of nitrogens with one attached hydrogen (secondary N) is 1. The number of alkyl halides is 3. The first kappa shape index (κ1) is 25.8. The number of hydrogen-bond donors (Lipinski definition) is 1. The van der Waals surface area contributed by atoms with Crippen molar-refractivity contribution in [2.75, 3.05) is 23.7 Å². The number of sulfone groups is 1. The maximum Gasteiger partial charge on any atom is 0.416 e. The zero-order valence-corrected chi connectivity index (χ0v) is 20.6. The summed E-state index contributed by atoms with van der Waals surface area (Å²) in [7, 11) is -3.26. The van der Waals surface area contributed by atoms with E-state index in [-0.39, 0.29) is 29.0 Å². The second-order valence-corrected chi connectivity index (χ2v) is 11.1. The summed E-state index contributed by atoms with van der Waals surface area (Å²) in [4.78, 5) is 14.9. The minimum absolute atomic E-state index is 0.0347. The fourth-order valence-corrected chi connectivity index (χ4v) is 5.18. The molecule has 3 aromatic rings. The van der Waals surface area contributed by atoms with Crippen molar-refractivity contribution in [2.24, 2.45) is 0 Å². The first-order valence-corrected chi connectivity index (χ1v) is 13.3. The molecule has 0 radical (unpaired) electrons. The number of hydrogen-bond acceptors (Lipinski definition) is 4. The molecule has 1 atom stereocenters. The van der Waals surface area contributed by atoms with E-state index in [9.17, 15) is 26.4 Å². The molecule has 1 unspecified atom stereocenters. The van der Waals surface area contributed by atoms with Crippen LogP contribution in [0.3, 0.4) is 0 Å². The van der Waals surface area contributed by atoms with Gasteiger partial charge in [0.15, 0.2) is 9.84 Å². The molecule has 1 N–H and O–H groups in total. The van der Waals surface area contributed by atoms with Crippen LogP contribution in [-0.2, 0) is 22.6 Å². The fraction of sp³-hybridized carbons (Fsp3) is 0.296. The van der Waals surface area contributed by atoms with Gasteiger partial charge >= 0.3 is 6.18 Å². The van der Waals surface area contributed by atoms with Gasteiger partial charge in [0.25, 0.3) is 5.91 Å². The standard InChI is InChI=1S/C27H27F3N2O3S/c1-2-36(34,35)25-13-3-19(4-14-25)17-31-26(33)21-7-5-20(6-8-21)22-15-16-32(18-22)24-11-9-23(10-12-24)27(28,29)30/h3-14,22H,2,15-18H2,1H3,(H,31,33). The van der Waals surface area contributed by atoms with Crippen LogP contribution in [0, 0.1) is 0 Å². The van der Waals surface area contributed by atoms with Gasteiger partial charge in [-0.15, -0.1) is 0 Å². The molecule has 3 aromatic carbocycles. The molecule has 9 heteroatoms. The number of carbonyl (C=O) groups is 1. The second-order valence-electron chi connectivity index (χ2n) is 8.83. The summed E-state index contributed by atoms with van der Waals surface area (Å²) in [5, 5.41) is 2.84. The highest BCUT2D eigenvalue weighted by molar-refractivity contribution is 7.91. The number of carbonyl (C=O) groups excluding carboxylic acids is 1. The van der Waals surface area contributed by atoms with Crippen LogP contribution < -0.4 is 10.2 Å². The first-order valence-electron chi connectivity index (χ1n) is 11.7. The molecule has 1 fully saturated rings. The molecule has 1 heterocycles. The minimum atomic E-state index is -4.34. The molecule has 0 spiro atoms. The molecule has 1 saturated heterocycles. The van der Waals surface area contributed by atoms with Crippen LogP contribution in [0.4, 0.5) is 18.9 Å². The molecule has 0 saturated carbocycles. The van der Waals surface area contributed by atoms with Gasteiger partial charge in [-0.2, -0.15) is 13.2 Å². The average Bonchev–Trinajstić information content (AvgIpc) is 3.37. The van der Waals surface area contributed by atoms with Gasteiger partial charge in [-0.25, -0.2) is 8.42 Å². The molecule has 190 valence electrons. The van der Waals surface area contributed by atoms with Gasteiger partial charge in [0, 0.05) is 36.8 Å².